The Labute approximate surface area is 201 Å². The van der Waals surface area contributed by atoms with Crippen LogP contribution >= 0.6 is 0 Å². The van der Waals surface area contributed by atoms with Crippen molar-refractivity contribution in [3.63, 3.8) is 0 Å². The van der Waals surface area contributed by atoms with E-state index in [0.717, 1.165) is 19.6 Å². The largest absolute Gasteiger partial charge is 0.493 e. The van der Waals surface area contributed by atoms with Gasteiger partial charge < -0.3 is 19.5 Å². The van der Waals surface area contributed by atoms with Gasteiger partial charge in [0.05, 0.1) is 32.3 Å². The van der Waals surface area contributed by atoms with E-state index in [4.69, 9.17) is 14.2 Å². The van der Waals surface area contributed by atoms with E-state index < -0.39 is 10.0 Å². The smallest absolute Gasteiger partial charge is 0.243 e. The first-order valence-electron chi connectivity index (χ1n) is 11.2. The Kier molecular flexibility index (Phi) is 9.28. The molecule has 2 aromatic rings. The topological polar surface area (TPSA) is 97.4 Å². The summed E-state index contributed by atoms with van der Waals surface area (Å²) >= 11 is 0. The lowest BCUT2D eigenvalue weighted by Gasteiger charge is -2.28. The number of nitrogens with one attached hydrogen (secondary N) is 1. The monoisotopic (exact) mass is 491 g/mol. The number of morpholine rings is 1. The van der Waals surface area contributed by atoms with Gasteiger partial charge in [0.15, 0.2) is 11.5 Å². The molecular formula is C24H33N3O6S. The normalized spacial score (nSPS) is 14.7. The summed E-state index contributed by atoms with van der Waals surface area (Å²) < 4.78 is 45.1. The Balaban J connectivity index is 1.84. The van der Waals surface area contributed by atoms with Crippen LogP contribution in [0.1, 0.15) is 18.9 Å². The summed E-state index contributed by atoms with van der Waals surface area (Å²) in [6.07, 6.45) is 0.676. The lowest BCUT2D eigenvalue weighted by molar-refractivity contribution is -0.114. The van der Waals surface area contributed by atoms with Crippen LogP contribution in [0.4, 0.5) is 5.69 Å². The molecule has 0 aromatic heterocycles. The zero-order valence-corrected chi connectivity index (χ0v) is 20.8. The molecule has 9 nitrogen and oxygen atoms in total. The number of anilines is 1. The molecule has 0 radical (unpaired) electrons. The van der Waals surface area contributed by atoms with Gasteiger partial charge in [0.2, 0.25) is 15.9 Å². The van der Waals surface area contributed by atoms with Crippen LogP contribution in [0.2, 0.25) is 0 Å². The average Bonchev–Trinajstić information content (AvgIpc) is 2.83. The number of carbonyl (C=O) groups excluding carboxylic acids is 1. The molecule has 0 saturated carbocycles. The Hall–Kier alpha value is -2.66. The van der Waals surface area contributed by atoms with Crippen LogP contribution in [-0.2, 0) is 26.1 Å². The van der Waals surface area contributed by atoms with Crippen molar-refractivity contribution in [1.29, 1.82) is 0 Å². The second-order valence-corrected chi connectivity index (χ2v) is 9.94. The molecule has 0 bridgehead atoms. The van der Waals surface area contributed by atoms with Crippen LogP contribution in [0, 0.1) is 0 Å². The number of amides is 1. The molecule has 1 N–H and O–H groups in total. The van der Waals surface area contributed by atoms with E-state index in [2.05, 4.69) is 10.2 Å². The summed E-state index contributed by atoms with van der Waals surface area (Å²) in [5, 5.41) is 2.66. The minimum Gasteiger partial charge on any atom is -0.493 e. The number of carbonyl (C=O) groups is 1. The summed E-state index contributed by atoms with van der Waals surface area (Å²) in [6.45, 7) is 5.76. The summed E-state index contributed by atoms with van der Waals surface area (Å²) in [6, 6.07) is 11.6. The van der Waals surface area contributed by atoms with Crippen LogP contribution in [-0.4, -0.2) is 77.1 Å². The number of ether oxygens (including phenoxy) is 3. The van der Waals surface area contributed by atoms with Gasteiger partial charge in [-0.05, 0) is 43.3 Å². The van der Waals surface area contributed by atoms with Crippen LogP contribution in [0.15, 0.2) is 47.4 Å². The highest BCUT2D eigenvalue weighted by Crippen LogP contribution is 2.33. The van der Waals surface area contributed by atoms with Crippen molar-refractivity contribution in [2.45, 2.75) is 24.8 Å². The van der Waals surface area contributed by atoms with Crippen molar-refractivity contribution in [2.24, 2.45) is 0 Å². The molecule has 34 heavy (non-hydrogen) atoms. The molecule has 0 unspecified atom stereocenters. The predicted molar refractivity (Wildman–Crippen MR) is 130 cm³/mol. The van der Waals surface area contributed by atoms with Crippen molar-refractivity contribution in [2.75, 3.05) is 58.9 Å². The standard InChI is InChI=1S/C24H33N3O6S/c1-19(28)25-21-8-10-22(11-9-21)34(29,30)27(13-5-12-26-14-16-33-17-15-26)18-20-6-4-7-23(31-2)24(20)32-3/h4,6-11H,5,12-18H2,1-3H3,(H,25,28). The molecule has 186 valence electrons. The molecule has 1 amide bonds. The Morgan fingerprint density at radius 1 is 1.09 bits per heavy atom. The third-order valence-electron chi connectivity index (χ3n) is 5.63. The number of sulfonamides is 1. The van der Waals surface area contributed by atoms with Crippen LogP contribution in [0.25, 0.3) is 0 Å². The van der Waals surface area contributed by atoms with E-state index in [1.165, 1.54) is 23.4 Å². The lowest BCUT2D eigenvalue weighted by Crippen LogP contribution is -2.39. The van der Waals surface area contributed by atoms with Crippen molar-refractivity contribution < 1.29 is 27.4 Å². The summed E-state index contributed by atoms with van der Waals surface area (Å²) in [5.74, 6) is 0.843. The summed E-state index contributed by atoms with van der Waals surface area (Å²) in [7, 11) is -0.719. The predicted octanol–water partition coefficient (Wildman–Crippen LogP) is 2.58. The molecule has 1 heterocycles. The van der Waals surface area contributed by atoms with E-state index >= 15 is 0 Å². The first-order chi connectivity index (χ1) is 16.3. The van der Waals surface area contributed by atoms with E-state index in [9.17, 15) is 13.2 Å². The molecular weight excluding hydrogens is 458 g/mol. The second kappa shape index (κ2) is 12.2. The first kappa shape index (κ1) is 26.0. The van der Waals surface area contributed by atoms with Crippen molar-refractivity contribution in [1.82, 2.24) is 9.21 Å². The number of hydrogen-bond acceptors (Lipinski definition) is 7. The van der Waals surface area contributed by atoms with E-state index in [-0.39, 0.29) is 17.3 Å². The van der Waals surface area contributed by atoms with Crippen LogP contribution < -0.4 is 14.8 Å². The molecule has 1 aliphatic heterocycles. The van der Waals surface area contributed by atoms with E-state index in [1.54, 1.807) is 32.4 Å². The minimum atomic E-state index is -3.81. The van der Waals surface area contributed by atoms with Gasteiger partial charge in [-0.25, -0.2) is 8.42 Å². The van der Waals surface area contributed by atoms with Crippen molar-refractivity contribution in [3.05, 3.63) is 48.0 Å². The van der Waals surface area contributed by atoms with Gasteiger partial charge >= 0.3 is 0 Å². The van der Waals surface area contributed by atoms with Gasteiger partial charge in [0, 0.05) is 44.4 Å². The fourth-order valence-corrected chi connectivity index (χ4v) is 5.37. The maximum absolute atomic E-state index is 13.6. The van der Waals surface area contributed by atoms with Gasteiger partial charge in [-0.2, -0.15) is 4.31 Å². The van der Waals surface area contributed by atoms with Crippen LogP contribution in [0.5, 0.6) is 11.5 Å². The maximum Gasteiger partial charge on any atom is 0.243 e. The first-order valence-corrected chi connectivity index (χ1v) is 12.7. The molecule has 10 heteroatoms. The van der Waals surface area contributed by atoms with Gasteiger partial charge in [0.1, 0.15) is 0 Å². The number of para-hydroxylation sites is 1. The minimum absolute atomic E-state index is 0.138. The number of nitrogens with zero attached hydrogens (tertiary/aromatic N) is 2. The zero-order chi connectivity index (χ0) is 24.6. The highest BCUT2D eigenvalue weighted by atomic mass is 32.2. The molecule has 1 fully saturated rings. The Bertz CT molecular complexity index is 1050. The third kappa shape index (κ3) is 6.69. The Morgan fingerprint density at radius 3 is 2.41 bits per heavy atom. The fraction of sp³-hybridized carbons (Fsp3) is 0.458. The number of rotatable bonds is 11. The van der Waals surface area contributed by atoms with Gasteiger partial charge in [0.25, 0.3) is 0 Å². The van der Waals surface area contributed by atoms with Gasteiger partial charge in [-0.3, -0.25) is 9.69 Å². The van der Waals surface area contributed by atoms with E-state index in [1.807, 2.05) is 12.1 Å². The average molecular weight is 492 g/mol. The third-order valence-corrected chi connectivity index (χ3v) is 7.49. The van der Waals surface area contributed by atoms with Gasteiger partial charge in [-0.1, -0.05) is 12.1 Å². The summed E-state index contributed by atoms with van der Waals surface area (Å²) in [4.78, 5) is 13.7. The molecule has 2 aromatic carbocycles. The SMILES string of the molecule is COc1cccc(CN(CCCN2CCOCC2)S(=O)(=O)c2ccc(NC(C)=O)cc2)c1OC. The highest BCUT2D eigenvalue weighted by molar-refractivity contribution is 7.89. The molecule has 1 saturated heterocycles. The lowest BCUT2D eigenvalue weighted by atomic mass is 10.2. The van der Waals surface area contributed by atoms with Crippen molar-refractivity contribution >= 4 is 21.6 Å². The quantitative estimate of drug-likeness (QED) is 0.516. The second-order valence-electron chi connectivity index (χ2n) is 8.00. The molecule has 0 atom stereocenters. The van der Waals surface area contributed by atoms with Crippen molar-refractivity contribution in [3.8, 4) is 11.5 Å². The van der Waals surface area contributed by atoms with E-state index in [0.29, 0.717) is 48.9 Å². The zero-order valence-electron chi connectivity index (χ0n) is 20.0. The number of benzene rings is 2. The van der Waals surface area contributed by atoms with Crippen LogP contribution in [0.3, 0.4) is 0 Å². The maximum atomic E-state index is 13.6. The number of hydrogen-bond donors (Lipinski definition) is 1. The fourth-order valence-electron chi connectivity index (χ4n) is 3.91. The Morgan fingerprint density at radius 2 is 1.79 bits per heavy atom. The summed E-state index contributed by atoms with van der Waals surface area (Å²) in [5.41, 5.74) is 1.26. The highest BCUT2D eigenvalue weighted by Gasteiger charge is 2.26. The van der Waals surface area contributed by atoms with Gasteiger partial charge in [-0.15, -0.1) is 0 Å². The number of methoxy groups -OCH3 is 2. The molecule has 3 rings (SSSR count). The molecule has 0 aliphatic carbocycles. The molecule has 0 spiro atoms. The molecule has 1 aliphatic rings.